The third-order valence-corrected chi connectivity index (χ3v) is 4.65. The second kappa shape index (κ2) is 6.53. The summed E-state index contributed by atoms with van der Waals surface area (Å²) >= 11 is 0. The summed E-state index contributed by atoms with van der Waals surface area (Å²) in [5, 5.41) is 3.75. The summed E-state index contributed by atoms with van der Waals surface area (Å²) in [6.45, 7) is 3.42. The average molecular weight is 260 g/mol. The Kier molecular flexibility index (Phi) is 5.00. The smallest absolute Gasteiger partial charge is 0.0327 e. The van der Waals surface area contributed by atoms with Gasteiger partial charge in [0.25, 0.3) is 0 Å². The lowest BCUT2D eigenvalue weighted by Gasteiger charge is -2.37. The lowest BCUT2D eigenvalue weighted by molar-refractivity contribution is 0.150. The molecule has 1 saturated carbocycles. The molecule has 19 heavy (non-hydrogen) atoms. The van der Waals surface area contributed by atoms with Gasteiger partial charge in [-0.2, -0.15) is 0 Å². The van der Waals surface area contributed by atoms with Crippen LogP contribution in [0.3, 0.4) is 0 Å². The fourth-order valence-electron chi connectivity index (χ4n) is 3.22. The van der Waals surface area contributed by atoms with Crippen molar-refractivity contribution in [3.05, 3.63) is 35.9 Å². The first-order chi connectivity index (χ1) is 9.12. The van der Waals surface area contributed by atoms with Crippen molar-refractivity contribution in [3.63, 3.8) is 0 Å². The lowest BCUT2D eigenvalue weighted by Crippen LogP contribution is -2.51. The molecule has 0 amide bonds. The van der Waals surface area contributed by atoms with Gasteiger partial charge in [0.1, 0.15) is 0 Å². The molecule has 1 aliphatic carbocycles. The van der Waals surface area contributed by atoms with Crippen LogP contribution in [0.2, 0.25) is 0 Å². The number of hydrogen-bond donors (Lipinski definition) is 1. The standard InChI is InChI=1S/C17H28N2/c1-15(13-16-9-5-4-6-10-16)18-14-17(19(2)3)11-7-8-12-17/h4-6,9-10,15,18H,7-8,11-14H2,1-3H3. The van der Waals surface area contributed by atoms with Crippen molar-refractivity contribution < 1.29 is 0 Å². The molecule has 0 heterocycles. The Balaban J connectivity index is 1.84. The van der Waals surface area contributed by atoms with Gasteiger partial charge in [-0.1, -0.05) is 43.2 Å². The zero-order chi connectivity index (χ0) is 13.7. The molecule has 1 aromatic rings. The zero-order valence-electron chi connectivity index (χ0n) is 12.7. The third kappa shape index (κ3) is 3.80. The molecule has 0 saturated heterocycles. The van der Waals surface area contributed by atoms with Crippen molar-refractivity contribution in [1.82, 2.24) is 10.2 Å². The lowest BCUT2D eigenvalue weighted by atomic mass is 9.95. The first-order valence-corrected chi connectivity index (χ1v) is 7.57. The van der Waals surface area contributed by atoms with Gasteiger partial charge in [0.2, 0.25) is 0 Å². The predicted octanol–water partition coefficient (Wildman–Crippen LogP) is 3.08. The van der Waals surface area contributed by atoms with Gasteiger partial charge < -0.3 is 10.2 Å². The molecule has 2 nitrogen and oxygen atoms in total. The highest BCUT2D eigenvalue weighted by Gasteiger charge is 2.35. The molecule has 1 fully saturated rings. The summed E-state index contributed by atoms with van der Waals surface area (Å²) in [7, 11) is 4.46. The number of rotatable bonds is 6. The third-order valence-electron chi connectivity index (χ3n) is 4.65. The molecule has 1 unspecified atom stereocenters. The van der Waals surface area contributed by atoms with E-state index in [0.29, 0.717) is 11.6 Å². The van der Waals surface area contributed by atoms with Crippen LogP contribution in [-0.4, -0.2) is 37.1 Å². The van der Waals surface area contributed by atoms with E-state index in [-0.39, 0.29) is 0 Å². The molecule has 1 N–H and O–H groups in total. The van der Waals surface area contributed by atoms with E-state index < -0.39 is 0 Å². The highest BCUT2D eigenvalue weighted by Crippen LogP contribution is 2.33. The van der Waals surface area contributed by atoms with Crippen LogP contribution in [0.25, 0.3) is 0 Å². The monoisotopic (exact) mass is 260 g/mol. The Bertz CT molecular complexity index is 366. The first-order valence-electron chi connectivity index (χ1n) is 7.57. The molecule has 0 radical (unpaired) electrons. The minimum Gasteiger partial charge on any atom is -0.312 e. The van der Waals surface area contributed by atoms with Gasteiger partial charge in [0.15, 0.2) is 0 Å². The summed E-state index contributed by atoms with van der Waals surface area (Å²) in [4.78, 5) is 2.43. The number of nitrogens with one attached hydrogen (secondary N) is 1. The van der Waals surface area contributed by atoms with E-state index in [4.69, 9.17) is 0 Å². The highest BCUT2D eigenvalue weighted by atomic mass is 15.2. The predicted molar refractivity (Wildman–Crippen MR) is 82.5 cm³/mol. The van der Waals surface area contributed by atoms with Crippen LogP contribution in [0.5, 0.6) is 0 Å². The summed E-state index contributed by atoms with van der Waals surface area (Å²) < 4.78 is 0. The molecule has 0 aliphatic heterocycles. The molecule has 1 aliphatic rings. The van der Waals surface area contributed by atoms with E-state index in [9.17, 15) is 0 Å². The molecule has 2 rings (SSSR count). The van der Waals surface area contributed by atoms with Crippen LogP contribution < -0.4 is 5.32 Å². The van der Waals surface area contributed by atoms with E-state index in [1.165, 1.54) is 31.2 Å². The number of nitrogens with zero attached hydrogens (tertiary/aromatic N) is 1. The molecule has 0 bridgehead atoms. The Morgan fingerprint density at radius 3 is 2.37 bits per heavy atom. The van der Waals surface area contributed by atoms with Gasteiger partial charge >= 0.3 is 0 Å². The van der Waals surface area contributed by atoms with Crippen molar-refractivity contribution in [2.45, 2.75) is 50.6 Å². The normalized spacial score (nSPS) is 19.8. The molecular weight excluding hydrogens is 232 g/mol. The van der Waals surface area contributed by atoms with E-state index in [2.05, 4.69) is 61.6 Å². The zero-order valence-corrected chi connectivity index (χ0v) is 12.7. The van der Waals surface area contributed by atoms with Crippen molar-refractivity contribution in [1.29, 1.82) is 0 Å². The van der Waals surface area contributed by atoms with Crippen molar-refractivity contribution in [3.8, 4) is 0 Å². The van der Waals surface area contributed by atoms with Gasteiger partial charge in [-0.05, 0) is 45.8 Å². The van der Waals surface area contributed by atoms with Crippen molar-refractivity contribution in [2.24, 2.45) is 0 Å². The van der Waals surface area contributed by atoms with Gasteiger partial charge in [-0.25, -0.2) is 0 Å². The summed E-state index contributed by atoms with van der Waals surface area (Å²) in [6.07, 6.45) is 6.56. The Hall–Kier alpha value is -0.860. The van der Waals surface area contributed by atoms with Crippen molar-refractivity contribution >= 4 is 0 Å². The van der Waals surface area contributed by atoms with E-state index in [1.807, 2.05) is 0 Å². The van der Waals surface area contributed by atoms with Crippen LogP contribution in [0.4, 0.5) is 0 Å². The fourth-order valence-corrected chi connectivity index (χ4v) is 3.22. The van der Waals surface area contributed by atoms with Crippen LogP contribution in [-0.2, 0) is 6.42 Å². The highest BCUT2D eigenvalue weighted by molar-refractivity contribution is 5.15. The van der Waals surface area contributed by atoms with Gasteiger partial charge in [-0.15, -0.1) is 0 Å². The second-order valence-corrected chi connectivity index (χ2v) is 6.30. The minimum atomic E-state index is 0.394. The maximum absolute atomic E-state index is 3.75. The second-order valence-electron chi connectivity index (χ2n) is 6.30. The fraction of sp³-hybridized carbons (Fsp3) is 0.647. The SMILES string of the molecule is CC(Cc1ccccc1)NCC1(N(C)C)CCCC1. The van der Waals surface area contributed by atoms with Crippen LogP contribution >= 0.6 is 0 Å². The van der Waals surface area contributed by atoms with Gasteiger partial charge in [-0.3, -0.25) is 0 Å². The van der Waals surface area contributed by atoms with E-state index in [1.54, 1.807) is 0 Å². The Morgan fingerprint density at radius 2 is 1.79 bits per heavy atom. The van der Waals surface area contributed by atoms with Gasteiger partial charge in [0.05, 0.1) is 0 Å². The average Bonchev–Trinajstić information content (AvgIpc) is 2.88. The summed E-state index contributed by atoms with van der Waals surface area (Å²) in [5.41, 5.74) is 1.82. The van der Waals surface area contributed by atoms with Crippen LogP contribution in [0, 0.1) is 0 Å². The molecule has 0 aromatic heterocycles. The molecule has 1 aromatic carbocycles. The van der Waals surface area contributed by atoms with Crippen LogP contribution in [0.15, 0.2) is 30.3 Å². The summed E-state index contributed by atoms with van der Waals surface area (Å²) in [6, 6.07) is 11.3. The number of benzene rings is 1. The molecule has 106 valence electrons. The number of hydrogen-bond acceptors (Lipinski definition) is 2. The molecular formula is C17H28N2. The molecule has 2 heteroatoms. The Labute approximate surface area is 118 Å². The minimum absolute atomic E-state index is 0.394. The quantitative estimate of drug-likeness (QED) is 0.845. The van der Waals surface area contributed by atoms with E-state index >= 15 is 0 Å². The Morgan fingerprint density at radius 1 is 1.16 bits per heavy atom. The molecule has 1 atom stereocenters. The van der Waals surface area contributed by atoms with Crippen molar-refractivity contribution in [2.75, 3.05) is 20.6 Å². The largest absolute Gasteiger partial charge is 0.312 e. The number of likely N-dealkylation sites (N-methyl/N-ethyl adjacent to an activating group) is 1. The maximum Gasteiger partial charge on any atom is 0.0327 e. The summed E-state index contributed by atoms with van der Waals surface area (Å²) in [5.74, 6) is 0. The topological polar surface area (TPSA) is 15.3 Å². The maximum atomic E-state index is 3.75. The molecule has 0 spiro atoms. The van der Waals surface area contributed by atoms with E-state index in [0.717, 1.165) is 13.0 Å². The first kappa shape index (κ1) is 14.5. The van der Waals surface area contributed by atoms with Gasteiger partial charge in [0, 0.05) is 18.1 Å². The van der Waals surface area contributed by atoms with Crippen LogP contribution in [0.1, 0.15) is 38.2 Å².